The Labute approximate surface area is 132 Å². The number of nitrogens with one attached hydrogen (secondary N) is 1. The summed E-state index contributed by atoms with van der Waals surface area (Å²) in [5.74, 6) is 1.96. The Hall–Kier alpha value is -2.25. The number of thiophene rings is 1. The average molecular weight is 316 g/mol. The predicted molar refractivity (Wildman–Crippen MR) is 84.8 cm³/mol. The maximum atomic E-state index is 5.55. The van der Waals surface area contributed by atoms with Crippen molar-refractivity contribution < 1.29 is 9.15 Å². The molecule has 3 rings (SSSR count). The van der Waals surface area contributed by atoms with Crippen molar-refractivity contribution >= 4 is 17.3 Å². The first-order valence-corrected chi connectivity index (χ1v) is 7.71. The first-order valence-electron chi connectivity index (χ1n) is 6.83. The van der Waals surface area contributed by atoms with E-state index in [2.05, 4.69) is 20.5 Å². The highest BCUT2D eigenvalue weighted by Crippen LogP contribution is 2.23. The van der Waals surface area contributed by atoms with Crippen molar-refractivity contribution in [3.63, 3.8) is 0 Å². The van der Waals surface area contributed by atoms with Gasteiger partial charge in [0.15, 0.2) is 5.76 Å². The van der Waals surface area contributed by atoms with Crippen LogP contribution in [0.2, 0.25) is 0 Å². The number of aryl methyl sites for hydroxylation is 1. The van der Waals surface area contributed by atoms with Crippen LogP contribution < -0.4 is 5.32 Å². The molecule has 3 aromatic rings. The van der Waals surface area contributed by atoms with E-state index in [0.29, 0.717) is 23.9 Å². The Balaban J connectivity index is 1.70. The van der Waals surface area contributed by atoms with Crippen molar-refractivity contribution in [3.8, 4) is 11.5 Å². The maximum absolute atomic E-state index is 5.55. The molecule has 0 spiro atoms. The minimum atomic E-state index is -0.0434. The van der Waals surface area contributed by atoms with Gasteiger partial charge in [0, 0.05) is 18.5 Å². The minimum Gasteiger partial charge on any atom is -0.460 e. The molecule has 0 aliphatic carbocycles. The quantitative estimate of drug-likeness (QED) is 0.752. The molecular formula is C15H16N4O2S. The number of ether oxygens (including phenoxy) is 1. The molecule has 0 radical (unpaired) electrons. The molecule has 6 nitrogen and oxygen atoms in total. The van der Waals surface area contributed by atoms with Crippen molar-refractivity contribution in [2.24, 2.45) is 0 Å². The van der Waals surface area contributed by atoms with Crippen LogP contribution >= 0.6 is 11.3 Å². The molecule has 3 heterocycles. The zero-order valence-electron chi connectivity index (χ0n) is 12.3. The largest absolute Gasteiger partial charge is 0.460 e. The van der Waals surface area contributed by atoms with E-state index >= 15 is 0 Å². The molecule has 3 aromatic heterocycles. The zero-order chi connectivity index (χ0) is 15.4. The number of rotatable bonds is 6. The molecule has 0 saturated heterocycles. The lowest BCUT2D eigenvalue weighted by Gasteiger charge is -2.14. The van der Waals surface area contributed by atoms with Crippen molar-refractivity contribution in [2.75, 3.05) is 19.0 Å². The number of aromatic nitrogens is 3. The second-order valence-electron chi connectivity index (χ2n) is 4.70. The van der Waals surface area contributed by atoms with Crippen molar-refractivity contribution in [2.45, 2.75) is 13.0 Å². The van der Waals surface area contributed by atoms with E-state index in [1.807, 2.05) is 36.6 Å². The number of methoxy groups -OCH3 is 1. The lowest BCUT2D eigenvalue weighted by molar-refractivity contribution is 0.117. The number of hydrogen-bond donors (Lipinski definition) is 1. The smallest absolute Gasteiger partial charge is 0.243 e. The summed E-state index contributed by atoms with van der Waals surface area (Å²) in [5.41, 5.74) is 0.649. The van der Waals surface area contributed by atoms with Crippen LogP contribution in [0, 0.1) is 6.92 Å². The predicted octanol–water partition coefficient (Wildman–Crippen LogP) is 3.30. The lowest BCUT2D eigenvalue weighted by Crippen LogP contribution is -2.15. The van der Waals surface area contributed by atoms with Crippen molar-refractivity contribution in [1.29, 1.82) is 0 Å². The lowest BCUT2D eigenvalue weighted by atomic mass is 10.3. The van der Waals surface area contributed by atoms with Crippen LogP contribution in [0.5, 0.6) is 0 Å². The summed E-state index contributed by atoms with van der Waals surface area (Å²) in [6.45, 7) is 2.46. The van der Waals surface area contributed by atoms with E-state index in [-0.39, 0.29) is 6.10 Å². The molecule has 1 N–H and O–H groups in total. The summed E-state index contributed by atoms with van der Waals surface area (Å²) in [4.78, 5) is 5.57. The monoisotopic (exact) mass is 316 g/mol. The third-order valence-corrected chi connectivity index (χ3v) is 4.11. The SMILES string of the molecule is CO[C@H](CNc1nncc(-c2ccc(C)o2)n1)c1cccs1. The Morgan fingerprint density at radius 2 is 2.27 bits per heavy atom. The van der Waals surface area contributed by atoms with E-state index in [1.165, 1.54) is 0 Å². The fourth-order valence-electron chi connectivity index (χ4n) is 2.03. The molecular weight excluding hydrogens is 300 g/mol. The topological polar surface area (TPSA) is 73.1 Å². The summed E-state index contributed by atoms with van der Waals surface area (Å²) in [6, 6.07) is 7.81. The van der Waals surface area contributed by atoms with Gasteiger partial charge < -0.3 is 14.5 Å². The highest BCUT2D eigenvalue weighted by Gasteiger charge is 2.13. The normalized spacial score (nSPS) is 12.3. The Morgan fingerprint density at radius 1 is 1.36 bits per heavy atom. The van der Waals surface area contributed by atoms with Crippen LogP contribution in [0.4, 0.5) is 5.95 Å². The molecule has 0 aliphatic rings. The van der Waals surface area contributed by atoms with Gasteiger partial charge in [-0.25, -0.2) is 4.98 Å². The van der Waals surface area contributed by atoms with Gasteiger partial charge in [0.25, 0.3) is 0 Å². The van der Waals surface area contributed by atoms with Crippen LogP contribution in [-0.4, -0.2) is 28.8 Å². The summed E-state index contributed by atoms with van der Waals surface area (Å²) in [7, 11) is 1.69. The molecule has 7 heteroatoms. The van der Waals surface area contributed by atoms with E-state index in [9.17, 15) is 0 Å². The van der Waals surface area contributed by atoms with Gasteiger partial charge in [-0.05, 0) is 30.5 Å². The Morgan fingerprint density at radius 3 is 2.95 bits per heavy atom. The Bertz CT molecular complexity index is 727. The van der Waals surface area contributed by atoms with Gasteiger partial charge in [0.05, 0.1) is 6.20 Å². The Kier molecular flexibility index (Phi) is 4.45. The second kappa shape index (κ2) is 6.67. The molecule has 22 heavy (non-hydrogen) atoms. The third-order valence-electron chi connectivity index (χ3n) is 3.14. The van der Waals surface area contributed by atoms with Crippen LogP contribution in [-0.2, 0) is 4.74 Å². The number of hydrogen-bond acceptors (Lipinski definition) is 7. The summed E-state index contributed by atoms with van der Waals surface area (Å²) < 4.78 is 11.0. The van der Waals surface area contributed by atoms with E-state index in [0.717, 1.165) is 10.6 Å². The minimum absolute atomic E-state index is 0.0434. The number of anilines is 1. The summed E-state index contributed by atoms with van der Waals surface area (Å²) in [6.07, 6.45) is 1.54. The molecule has 0 bridgehead atoms. The summed E-state index contributed by atoms with van der Waals surface area (Å²) >= 11 is 1.66. The van der Waals surface area contributed by atoms with E-state index in [1.54, 1.807) is 24.6 Å². The number of furan rings is 1. The van der Waals surface area contributed by atoms with Gasteiger partial charge in [-0.15, -0.1) is 16.4 Å². The van der Waals surface area contributed by atoms with E-state index < -0.39 is 0 Å². The van der Waals surface area contributed by atoms with Gasteiger partial charge in [-0.3, -0.25) is 0 Å². The zero-order valence-corrected chi connectivity index (χ0v) is 13.1. The average Bonchev–Trinajstić information content (AvgIpc) is 3.20. The van der Waals surface area contributed by atoms with Gasteiger partial charge in [0.2, 0.25) is 5.95 Å². The molecule has 0 amide bonds. The first kappa shape index (κ1) is 14.7. The standard InChI is InChI=1S/C15H16N4O2S/c1-10-5-6-12(21-10)11-8-17-19-15(18-11)16-9-13(20-2)14-4-3-7-22-14/h3-8,13H,9H2,1-2H3,(H,16,18,19)/t13-/m1/s1. The molecule has 0 unspecified atom stereocenters. The van der Waals surface area contributed by atoms with Crippen LogP contribution in [0.1, 0.15) is 16.7 Å². The van der Waals surface area contributed by atoms with Crippen LogP contribution in [0.3, 0.4) is 0 Å². The fourth-order valence-corrected chi connectivity index (χ4v) is 2.83. The molecule has 0 aliphatic heterocycles. The van der Waals surface area contributed by atoms with Crippen LogP contribution in [0.25, 0.3) is 11.5 Å². The second-order valence-corrected chi connectivity index (χ2v) is 5.68. The molecule has 0 fully saturated rings. The first-order chi connectivity index (χ1) is 10.8. The summed E-state index contributed by atoms with van der Waals surface area (Å²) in [5, 5.41) is 13.1. The molecule has 1 atom stereocenters. The van der Waals surface area contributed by atoms with Gasteiger partial charge >= 0.3 is 0 Å². The fraction of sp³-hybridized carbons (Fsp3) is 0.267. The molecule has 0 saturated carbocycles. The van der Waals surface area contributed by atoms with Crippen molar-refractivity contribution in [1.82, 2.24) is 15.2 Å². The van der Waals surface area contributed by atoms with E-state index in [4.69, 9.17) is 9.15 Å². The highest BCUT2D eigenvalue weighted by atomic mass is 32.1. The molecule has 0 aromatic carbocycles. The molecule has 114 valence electrons. The number of nitrogens with zero attached hydrogens (tertiary/aromatic N) is 3. The maximum Gasteiger partial charge on any atom is 0.243 e. The highest BCUT2D eigenvalue weighted by molar-refractivity contribution is 7.10. The third kappa shape index (κ3) is 3.32. The van der Waals surface area contributed by atoms with Gasteiger partial charge in [-0.2, -0.15) is 5.10 Å². The van der Waals surface area contributed by atoms with Gasteiger partial charge in [-0.1, -0.05) is 6.07 Å². The van der Waals surface area contributed by atoms with Crippen molar-refractivity contribution in [3.05, 3.63) is 46.5 Å². The van der Waals surface area contributed by atoms with Gasteiger partial charge in [0.1, 0.15) is 17.6 Å². The van der Waals surface area contributed by atoms with Crippen LogP contribution in [0.15, 0.2) is 40.3 Å².